The molecule has 0 amide bonds. The lowest BCUT2D eigenvalue weighted by atomic mass is 9.92. The van der Waals surface area contributed by atoms with Crippen LogP contribution in [0.15, 0.2) is 200 Å². The maximum atomic E-state index is 7.15. The van der Waals surface area contributed by atoms with Crippen molar-refractivity contribution >= 4 is 146 Å². The summed E-state index contributed by atoms with van der Waals surface area (Å²) in [5, 5.41) is 20.1. The highest BCUT2D eigenvalue weighted by Crippen LogP contribution is 2.49. The molecule has 0 atom stereocenters. The summed E-state index contributed by atoms with van der Waals surface area (Å²) >= 11 is 0. The summed E-state index contributed by atoms with van der Waals surface area (Å²) in [5.74, 6) is 0. The summed E-state index contributed by atoms with van der Waals surface area (Å²) < 4.78 is 27.6. The minimum Gasteiger partial charge on any atom is -0.456 e. The summed E-state index contributed by atoms with van der Waals surface area (Å²) in [7, 11) is -4.88. The van der Waals surface area contributed by atoms with E-state index in [9.17, 15) is 0 Å². The first kappa shape index (κ1) is 39.3. The minimum atomic E-state index is -2.44. The number of benzene rings is 11. The van der Waals surface area contributed by atoms with Crippen molar-refractivity contribution in [1.29, 1.82) is 0 Å². The molecule has 0 saturated carbocycles. The third-order valence-corrected chi connectivity index (χ3v) is 24.3. The maximum absolute atomic E-state index is 7.15. The SMILES string of the molecule is C[Si]1(C)c2cc(-c3ccc4c(c3)oc3ccc5ccccc5c34)c3c(oc4ccccc43)c2-c2ccc3c(c21)[Si](C)(C)c1cc(-c2ccc4c(c2)oc2ccc5ccccc5c24)c2oc4ccccc4c2c1-3. The first-order valence-electron chi connectivity index (χ1n) is 25.1. The summed E-state index contributed by atoms with van der Waals surface area (Å²) in [4.78, 5) is 0. The minimum absolute atomic E-state index is 0.883. The number of hydrogen-bond acceptors (Lipinski definition) is 4. The van der Waals surface area contributed by atoms with Crippen molar-refractivity contribution < 1.29 is 17.7 Å². The predicted octanol–water partition coefficient (Wildman–Crippen LogP) is 16.5. The lowest BCUT2D eigenvalue weighted by Crippen LogP contribution is -2.63. The molecule has 6 heteroatoms. The zero-order valence-electron chi connectivity index (χ0n) is 40.0. The molecule has 4 aromatic heterocycles. The van der Waals surface area contributed by atoms with Gasteiger partial charge in [0.25, 0.3) is 0 Å². The summed E-state index contributed by atoms with van der Waals surface area (Å²) in [5.41, 5.74) is 17.2. The molecule has 72 heavy (non-hydrogen) atoms. The van der Waals surface area contributed by atoms with Crippen LogP contribution in [0.2, 0.25) is 26.2 Å². The second kappa shape index (κ2) is 13.3. The Labute approximate surface area is 414 Å². The highest BCUT2D eigenvalue weighted by molar-refractivity contribution is 7.13. The molecule has 0 unspecified atom stereocenters. The number of furan rings is 4. The molecule has 0 bridgehead atoms. The first-order valence-corrected chi connectivity index (χ1v) is 31.1. The summed E-state index contributed by atoms with van der Waals surface area (Å²) in [6, 6.07) is 66.4. The molecule has 17 rings (SSSR count). The smallest absolute Gasteiger partial charge is 0.143 e. The highest BCUT2D eigenvalue weighted by Gasteiger charge is 2.50. The first-order chi connectivity index (χ1) is 35.2. The lowest BCUT2D eigenvalue weighted by Gasteiger charge is -2.28. The molecular formula is C66H42O4Si2. The third-order valence-electron chi connectivity index (χ3n) is 17.0. The van der Waals surface area contributed by atoms with Gasteiger partial charge >= 0.3 is 0 Å². The maximum Gasteiger partial charge on any atom is 0.143 e. The fourth-order valence-corrected chi connectivity index (χ4v) is 22.3. The zero-order chi connectivity index (χ0) is 47.5. The van der Waals surface area contributed by atoms with Crippen molar-refractivity contribution in [3.05, 3.63) is 182 Å². The second-order valence-corrected chi connectivity index (χ2v) is 30.0. The number of rotatable bonds is 2. The second-order valence-electron chi connectivity index (χ2n) is 21.4. The van der Waals surface area contributed by atoms with Gasteiger partial charge in [0.15, 0.2) is 0 Å². The van der Waals surface area contributed by atoms with Gasteiger partial charge in [0.2, 0.25) is 0 Å². The van der Waals surface area contributed by atoms with Gasteiger partial charge in [0, 0.05) is 54.2 Å². The molecule has 0 radical (unpaired) electrons. The van der Waals surface area contributed by atoms with Crippen LogP contribution in [0, 0.1) is 0 Å². The van der Waals surface area contributed by atoms with E-state index in [2.05, 4.69) is 208 Å². The van der Waals surface area contributed by atoms with Crippen LogP contribution >= 0.6 is 0 Å². The molecule has 0 spiro atoms. The molecule has 0 aliphatic carbocycles. The van der Waals surface area contributed by atoms with Crippen molar-refractivity contribution in [2.45, 2.75) is 26.2 Å². The van der Waals surface area contributed by atoms with Crippen molar-refractivity contribution in [2.24, 2.45) is 0 Å². The van der Waals surface area contributed by atoms with Gasteiger partial charge in [-0.05, 0) is 124 Å². The van der Waals surface area contributed by atoms with Gasteiger partial charge in [-0.2, -0.15) is 0 Å². The molecule has 338 valence electrons. The Morgan fingerprint density at radius 3 is 1.35 bits per heavy atom. The zero-order valence-corrected chi connectivity index (χ0v) is 42.0. The van der Waals surface area contributed by atoms with Crippen molar-refractivity contribution in [2.75, 3.05) is 0 Å². The van der Waals surface area contributed by atoms with Crippen LogP contribution in [-0.4, -0.2) is 16.1 Å². The fourth-order valence-electron chi connectivity index (χ4n) is 13.8. The van der Waals surface area contributed by atoms with Crippen LogP contribution < -0.4 is 20.7 Å². The summed E-state index contributed by atoms with van der Waals surface area (Å²) in [6.07, 6.45) is 0. The molecule has 11 aromatic carbocycles. The molecule has 2 aliphatic rings. The van der Waals surface area contributed by atoms with E-state index in [0.29, 0.717) is 0 Å². The van der Waals surface area contributed by atoms with Gasteiger partial charge in [0.05, 0.1) is 0 Å². The van der Waals surface area contributed by atoms with E-state index >= 15 is 0 Å². The van der Waals surface area contributed by atoms with E-state index in [1.54, 1.807) is 10.4 Å². The van der Waals surface area contributed by atoms with Crippen LogP contribution in [-0.2, 0) is 0 Å². The van der Waals surface area contributed by atoms with E-state index in [0.717, 1.165) is 93.7 Å². The molecule has 6 heterocycles. The van der Waals surface area contributed by atoms with Gasteiger partial charge in [-0.1, -0.05) is 160 Å². The normalized spacial score (nSPS) is 14.6. The van der Waals surface area contributed by atoms with Crippen LogP contribution in [0.25, 0.3) is 154 Å². The van der Waals surface area contributed by atoms with Crippen molar-refractivity contribution in [3.63, 3.8) is 0 Å². The van der Waals surface area contributed by atoms with Gasteiger partial charge in [0.1, 0.15) is 60.8 Å². The Bertz CT molecular complexity index is 5000. The molecule has 0 saturated heterocycles. The van der Waals surface area contributed by atoms with Gasteiger partial charge in [-0.15, -0.1) is 0 Å². The highest BCUT2D eigenvalue weighted by atomic mass is 28.3. The quantitative estimate of drug-likeness (QED) is 0.162. The largest absolute Gasteiger partial charge is 0.456 e. The topological polar surface area (TPSA) is 52.6 Å². The van der Waals surface area contributed by atoms with Crippen LogP contribution in [0.1, 0.15) is 0 Å². The van der Waals surface area contributed by atoms with Gasteiger partial charge < -0.3 is 17.7 Å². The monoisotopic (exact) mass is 954 g/mol. The molecule has 0 fully saturated rings. The van der Waals surface area contributed by atoms with Crippen molar-refractivity contribution in [3.8, 4) is 44.5 Å². The fraction of sp³-hybridized carbons (Fsp3) is 0.0606. The Morgan fingerprint density at radius 2 is 0.750 bits per heavy atom. The van der Waals surface area contributed by atoms with Gasteiger partial charge in [-0.25, -0.2) is 0 Å². The van der Waals surface area contributed by atoms with Crippen molar-refractivity contribution in [1.82, 2.24) is 0 Å². The average molecular weight is 955 g/mol. The van der Waals surface area contributed by atoms with Crippen LogP contribution in [0.5, 0.6) is 0 Å². The average Bonchev–Trinajstić information content (AvgIpc) is 4.25. The van der Waals surface area contributed by atoms with E-state index in [1.807, 2.05) is 0 Å². The standard InChI is InChI=1S/C66H42O4Si2/c1-71(2)55-34-48(38-22-26-44-54(32-38)68-52-30-24-36-14-6-8-16-40(36)58(44)52)63-62(42-18-10-12-20-50(42)69-63)60(55)45-27-28-46-61-56(72(3,4)66(46)65(45)71)33-47(59-41-17-9-11-19-49(41)70-64(59)61)37-21-25-43-53(31-37)67-51-29-23-35-13-5-7-15-39(35)57(43)51/h5-34H,1-4H3. The molecule has 15 aromatic rings. The van der Waals surface area contributed by atoms with E-state index in [4.69, 9.17) is 17.7 Å². The summed E-state index contributed by atoms with van der Waals surface area (Å²) in [6.45, 7) is 10.3. The molecule has 2 aliphatic heterocycles. The molecule has 0 N–H and O–H groups in total. The lowest BCUT2D eigenvalue weighted by molar-refractivity contribution is 0.668. The van der Waals surface area contributed by atoms with E-state index in [-0.39, 0.29) is 0 Å². The Morgan fingerprint density at radius 1 is 0.292 bits per heavy atom. The van der Waals surface area contributed by atoms with Crippen LogP contribution in [0.4, 0.5) is 0 Å². The molecule has 4 nitrogen and oxygen atoms in total. The predicted molar refractivity (Wildman–Crippen MR) is 306 cm³/mol. The third kappa shape index (κ3) is 4.82. The Balaban J connectivity index is 0.891. The van der Waals surface area contributed by atoms with E-state index in [1.165, 1.54) is 70.5 Å². The molecular weight excluding hydrogens is 913 g/mol. The Hall–Kier alpha value is -8.43. The van der Waals surface area contributed by atoms with E-state index < -0.39 is 16.1 Å². The number of hydrogen-bond donors (Lipinski definition) is 0. The Kier molecular flexibility index (Phi) is 7.26. The van der Waals surface area contributed by atoms with Gasteiger partial charge in [-0.3, -0.25) is 0 Å². The number of fused-ring (bicyclic) bond motifs is 25. The van der Waals surface area contributed by atoms with Crippen LogP contribution in [0.3, 0.4) is 0 Å². The number of para-hydroxylation sites is 2.